The van der Waals surface area contributed by atoms with Crippen LogP contribution in [0.5, 0.6) is 5.75 Å². The molecule has 0 spiro atoms. The van der Waals surface area contributed by atoms with Gasteiger partial charge < -0.3 is 5.11 Å². The molecule has 1 aromatic rings. The fraction of sp³-hybridized carbons (Fsp3) is 0.667. The summed E-state index contributed by atoms with van der Waals surface area (Å²) in [5.41, 5.74) is 0.0899. The molecule has 0 aliphatic heterocycles. The van der Waals surface area contributed by atoms with Gasteiger partial charge >= 0.3 is 5.91 Å². The maximum Gasteiger partial charge on any atom is 0.314 e. The molecule has 0 radical (unpaired) electrons. The van der Waals surface area contributed by atoms with Crippen LogP contribution >= 0.6 is 0 Å². The van der Waals surface area contributed by atoms with Crippen LogP contribution in [0.15, 0.2) is 0 Å². The zero-order valence-corrected chi connectivity index (χ0v) is 14.1. The van der Waals surface area contributed by atoms with E-state index in [9.17, 15) is 9.90 Å². The number of hydroxylamine groups is 2. The lowest BCUT2D eigenvalue weighted by atomic mass is 9.85. The van der Waals surface area contributed by atoms with Gasteiger partial charge in [0.1, 0.15) is 0 Å². The number of aromatic hydroxyl groups is 1. The Morgan fingerprint density at radius 1 is 1.05 bits per heavy atom. The fourth-order valence-electron chi connectivity index (χ4n) is 1.82. The van der Waals surface area contributed by atoms with Crippen molar-refractivity contribution in [3.8, 4) is 5.75 Å². The van der Waals surface area contributed by atoms with E-state index >= 15 is 0 Å². The van der Waals surface area contributed by atoms with E-state index in [0.717, 1.165) is 5.06 Å². The summed E-state index contributed by atoms with van der Waals surface area (Å²) in [6.45, 7) is 11.6. The van der Waals surface area contributed by atoms with Crippen molar-refractivity contribution in [2.45, 2.75) is 52.4 Å². The van der Waals surface area contributed by atoms with E-state index in [1.54, 1.807) is 0 Å². The SMILES string of the molecule is CON(C)C(=O)c1nc(C(C)(C)C)c(O)c(C(C)(C)C)n1. The molecule has 0 aromatic carbocycles. The minimum atomic E-state index is -0.450. The van der Waals surface area contributed by atoms with E-state index in [1.165, 1.54) is 14.2 Å². The molecule has 0 aliphatic rings. The third-order valence-electron chi connectivity index (χ3n) is 3.06. The number of carbonyl (C=O) groups excluding carboxylic acids is 1. The van der Waals surface area contributed by atoms with E-state index in [4.69, 9.17) is 4.84 Å². The molecule has 1 N–H and O–H groups in total. The summed E-state index contributed by atoms with van der Waals surface area (Å²) in [5, 5.41) is 11.5. The van der Waals surface area contributed by atoms with E-state index in [-0.39, 0.29) is 11.6 Å². The number of nitrogens with zero attached hydrogens (tertiary/aromatic N) is 3. The molecule has 1 heterocycles. The maximum atomic E-state index is 12.2. The Hall–Kier alpha value is -1.69. The molecule has 0 unspecified atom stereocenters. The number of hydrogen-bond donors (Lipinski definition) is 1. The second-order valence-electron chi connectivity index (χ2n) is 7.08. The summed E-state index contributed by atoms with van der Waals surface area (Å²) in [6, 6.07) is 0. The van der Waals surface area contributed by atoms with Gasteiger partial charge in [0.15, 0.2) is 5.75 Å². The highest BCUT2D eigenvalue weighted by Gasteiger charge is 2.31. The van der Waals surface area contributed by atoms with Crippen molar-refractivity contribution in [3.05, 3.63) is 17.2 Å². The molecule has 0 fully saturated rings. The van der Waals surface area contributed by atoms with Gasteiger partial charge in [-0.15, -0.1) is 0 Å². The van der Waals surface area contributed by atoms with Crippen LogP contribution in [-0.4, -0.2) is 40.2 Å². The Kier molecular flexibility index (Phi) is 4.63. The van der Waals surface area contributed by atoms with E-state index < -0.39 is 16.7 Å². The summed E-state index contributed by atoms with van der Waals surface area (Å²) in [5.74, 6) is -0.382. The van der Waals surface area contributed by atoms with E-state index in [0.29, 0.717) is 11.4 Å². The molecular weight excluding hydrogens is 270 g/mol. The van der Waals surface area contributed by atoms with Crippen molar-refractivity contribution in [2.75, 3.05) is 14.2 Å². The highest BCUT2D eigenvalue weighted by atomic mass is 16.7. The first-order valence-electron chi connectivity index (χ1n) is 6.83. The van der Waals surface area contributed by atoms with Crippen molar-refractivity contribution >= 4 is 5.91 Å². The quantitative estimate of drug-likeness (QED) is 0.848. The largest absolute Gasteiger partial charge is 0.504 e. The van der Waals surface area contributed by atoms with Crippen LogP contribution in [0.25, 0.3) is 0 Å². The Balaban J connectivity index is 3.59. The zero-order chi connectivity index (χ0) is 16.6. The lowest BCUT2D eigenvalue weighted by Crippen LogP contribution is -2.30. The molecule has 21 heavy (non-hydrogen) atoms. The molecule has 6 nitrogen and oxygen atoms in total. The molecular formula is C15H25N3O3. The molecule has 1 aromatic heterocycles. The summed E-state index contributed by atoms with van der Waals surface area (Å²) in [7, 11) is 2.89. The summed E-state index contributed by atoms with van der Waals surface area (Å²) >= 11 is 0. The van der Waals surface area contributed by atoms with Crippen molar-refractivity contribution in [1.29, 1.82) is 0 Å². The van der Waals surface area contributed by atoms with Crippen LogP contribution in [0, 0.1) is 0 Å². The zero-order valence-electron chi connectivity index (χ0n) is 14.1. The maximum absolute atomic E-state index is 12.2. The number of amides is 1. The Morgan fingerprint density at radius 2 is 1.43 bits per heavy atom. The molecule has 0 saturated heterocycles. The number of carbonyl (C=O) groups is 1. The number of aromatic nitrogens is 2. The molecule has 0 bridgehead atoms. The van der Waals surface area contributed by atoms with Gasteiger partial charge in [-0.2, -0.15) is 0 Å². The first kappa shape index (κ1) is 17.4. The monoisotopic (exact) mass is 295 g/mol. The van der Waals surface area contributed by atoms with Gasteiger partial charge in [-0.25, -0.2) is 15.0 Å². The van der Waals surface area contributed by atoms with Gasteiger partial charge in [-0.05, 0) is 0 Å². The highest BCUT2D eigenvalue weighted by Crippen LogP contribution is 2.36. The fourth-order valence-corrected chi connectivity index (χ4v) is 1.82. The van der Waals surface area contributed by atoms with Crippen molar-refractivity contribution in [1.82, 2.24) is 15.0 Å². The van der Waals surface area contributed by atoms with Crippen LogP contribution in [-0.2, 0) is 15.7 Å². The van der Waals surface area contributed by atoms with Gasteiger partial charge in [0.2, 0.25) is 5.82 Å². The predicted molar refractivity (Wildman–Crippen MR) is 80.2 cm³/mol. The van der Waals surface area contributed by atoms with Crippen LogP contribution in [0.4, 0.5) is 0 Å². The van der Waals surface area contributed by atoms with Crippen molar-refractivity contribution in [3.63, 3.8) is 0 Å². The Bertz CT molecular complexity index is 507. The van der Waals surface area contributed by atoms with E-state index in [1.807, 2.05) is 41.5 Å². The van der Waals surface area contributed by atoms with E-state index in [2.05, 4.69) is 9.97 Å². The highest BCUT2D eigenvalue weighted by molar-refractivity contribution is 5.89. The average molecular weight is 295 g/mol. The summed E-state index contributed by atoms with van der Waals surface area (Å²) in [6.07, 6.45) is 0. The molecule has 6 heteroatoms. The molecule has 0 atom stereocenters. The van der Waals surface area contributed by atoms with Gasteiger partial charge in [-0.1, -0.05) is 41.5 Å². The second kappa shape index (κ2) is 5.60. The van der Waals surface area contributed by atoms with Gasteiger partial charge in [0, 0.05) is 17.9 Å². The minimum Gasteiger partial charge on any atom is -0.504 e. The summed E-state index contributed by atoms with van der Waals surface area (Å²) < 4.78 is 0. The van der Waals surface area contributed by atoms with Crippen LogP contribution in [0.3, 0.4) is 0 Å². The standard InChI is InChI=1S/C15H25N3O3/c1-14(2,3)10-9(19)11(15(4,5)6)17-12(16-10)13(20)18(7)21-8/h19H,1-8H3. The molecule has 1 rings (SSSR count). The average Bonchev–Trinajstić information content (AvgIpc) is 2.34. The lowest BCUT2D eigenvalue weighted by Gasteiger charge is -2.26. The Morgan fingerprint density at radius 3 is 1.71 bits per heavy atom. The minimum absolute atomic E-state index is 0.0204. The predicted octanol–water partition coefficient (Wildman–Crippen LogP) is 2.41. The first-order chi connectivity index (χ1) is 9.39. The third kappa shape index (κ3) is 3.69. The molecule has 0 aliphatic carbocycles. The first-order valence-corrected chi connectivity index (χ1v) is 6.83. The smallest absolute Gasteiger partial charge is 0.314 e. The third-order valence-corrected chi connectivity index (χ3v) is 3.06. The van der Waals surface area contributed by atoms with Crippen LogP contribution in [0.1, 0.15) is 63.5 Å². The Labute approximate surface area is 126 Å². The van der Waals surface area contributed by atoms with Crippen molar-refractivity contribution < 1.29 is 14.7 Å². The molecule has 1 amide bonds. The topological polar surface area (TPSA) is 75.5 Å². The number of hydrogen-bond acceptors (Lipinski definition) is 5. The van der Waals surface area contributed by atoms with Crippen LogP contribution < -0.4 is 0 Å². The molecule has 118 valence electrons. The number of rotatable bonds is 2. The van der Waals surface area contributed by atoms with Gasteiger partial charge in [-0.3, -0.25) is 9.63 Å². The summed E-state index contributed by atoms with van der Waals surface area (Å²) in [4.78, 5) is 25.6. The van der Waals surface area contributed by atoms with Crippen LogP contribution in [0.2, 0.25) is 0 Å². The van der Waals surface area contributed by atoms with Crippen molar-refractivity contribution in [2.24, 2.45) is 0 Å². The molecule has 0 saturated carbocycles. The van der Waals surface area contributed by atoms with Gasteiger partial charge in [0.05, 0.1) is 18.5 Å². The lowest BCUT2D eigenvalue weighted by molar-refractivity contribution is -0.0764. The van der Waals surface area contributed by atoms with Gasteiger partial charge in [0.25, 0.3) is 0 Å². The second-order valence-corrected chi connectivity index (χ2v) is 7.08. The normalized spacial score (nSPS) is 12.4.